The predicted molar refractivity (Wildman–Crippen MR) is 108 cm³/mol. The molecule has 0 saturated carbocycles. The van der Waals surface area contributed by atoms with Crippen molar-refractivity contribution in [3.63, 3.8) is 0 Å². The van der Waals surface area contributed by atoms with E-state index < -0.39 is 11.4 Å². The van der Waals surface area contributed by atoms with E-state index in [0.717, 1.165) is 11.3 Å². The largest absolute Gasteiger partial charge is 0.507 e. The van der Waals surface area contributed by atoms with Gasteiger partial charge in [-0.1, -0.05) is 66.6 Å². The van der Waals surface area contributed by atoms with Crippen molar-refractivity contribution in [2.75, 3.05) is 6.61 Å². The fraction of sp³-hybridized carbons (Fsp3) is 0.609. The van der Waals surface area contributed by atoms with Crippen LogP contribution < -0.4 is 0 Å². The Morgan fingerprint density at radius 2 is 1.69 bits per heavy atom. The summed E-state index contributed by atoms with van der Waals surface area (Å²) in [6.07, 6.45) is 0. The van der Waals surface area contributed by atoms with Gasteiger partial charge >= 0.3 is 0 Å². The monoisotopic (exact) mass is 401 g/mol. The highest BCUT2D eigenvalue weighted by atomic mass is 17.3. The van der Waals surface area contributed by atoms with Crippen molar-refractivity contribution >= 4 is 0 Å². The summed E-state index contributed by atoms with van der Waals surface area (Å²) < 4.78 is 11.7. The second-order valence-electron chi connectivity index (χ2n) is 10.9. The summed E-state index contributed by atoms with van der Waals surface area (Å²) in [5.41, 5.74) is 0.775. The molecule has 2 aromatic rings. The molecule has 2 fully saturated rings. The zero-order chi connectivity index (χ0) is 21.5. The Morgan fingerprint density at radius 3 is 2.17 bits per heavy atom. The van der Waals surface area contributed by atoms with Crippen molar-refractivity contribution in [1.29, 1.82) is 0 Å². The summed E-state index contributed by atoms with van der Waals surface area (Å²) >= 11 is 0. The summed E-state index contributed by atoms with van der Waals surface area (Å²) in [6.45, 7) is 17.3. The lowest BCUT2D eigenvalue weighted by atomic mass is 9.57. The maximum atomic E-state index is 10.8. The molecule has 1 N–H and O–H groups in total. The minimum Gasteiger partial charge on any atom is -0.507 e. The van der Waals surface area contributed by atoms with Gasteiger partial charge in [-0.25, -0.2) is 4.89 Å². The molecule has 6 nitrogen and oxygen atoms in total. The Labute approximate surface area is 172 Å². The van der Waals surface area contributed by atoms with Gasteiger partial charge in [0.1, 0.15) is 5.75 Å². The van der Waals surface area contributed by atoms with Gasteiger partial charge in [0.2, 0.25) is 0 Å². The third kappa shape index (κ3) is 2.55. The Bertz CT molecular complexity index is 949. The fourth-order valence-corrected chi connectivity index (χ4v) is 4.94. The van der Waals surface area contributed by atoms with Gasteiger partial charge < -0.3 is 14.4 Å². The van der Waals surface area contributed by atoms with Gasteiger partial charge in [-0.3, -0.25) is 0 Å². The number of phenols is 1. The molecule has 0 radical (unpaired) electrons. The van der Waals surface area contributed by atoms with Crippen LogP contribution in [0.3, 0.4) is 0 Å². The molecule has 2 saturated heterocycles. The van der Waals surface area contributed by atoms with Crippen LogP contribution >= 0.6 is 0 Å². The third-order valence-electron chi connectivity index (χ3n) is 6.31. The molecule has 1 aromatic heterocycles. The normalized spacial score (nSPS) is 28.8. The van der Waals surface area contributed by atoms with Crippen LogP contribution in [0, 0.1) is 10.8 Å². The molecule has 2 atom stereocenters. The van der Waals surface area contributed by atoms with Gasteiger partial charge in [-0.05, 0) is 12.1 Å². The zero-order valence-electron chi connectivity index (χ0n) is 18.5. The molecule has 4 rings (SSSR count). The Morgan fingerprint density at radius 1 is 1.00 bits per heavy atom. The zero-order valence-corrected chi connectivity index (χ0v) is 18.5. The lowest BCUT2D eigenvalue weighted by Crippen LogP contribution is -2.72. The van der Waals surface area contributed by atoms with Crippen LogP contribution in [0.25, 0.3) is 11.3 Å². The molecule has 2 aliphatic rings. The molecule has 0 aliphatic carbocycles. The van der Waals surface area contributed by atoms with E-state index in [0.29, 0.717) is 17.9 Å². The number of aromatic nitrogens is 1. The summed E-state index contributed by atoms with van der Waals surface area (Å²) in [5.74, 6) is -0.458. The quantitative estimate of drug-likeness (QED) is 0.688. The van der Waals surface area contributed by atoms with E-state index in [2.05, 4.69) is 60.5 Å². The third-order valence-corrected chi connectivity index (χ3v) is 6.31. The lowest BCUT2D eigenvalue weighted by molar-refractivity contribution is -0.626. The van der Waals surface area contributed by atoms with Crippen molar-refractivity contribution in [2.45, 2.75) is 72.2 Å². The van der Waals surface area contributed by atoms with Crippen molar-refractivity contribution in [3.8, 4) is 17.1 Å². The first-order valence-corrected chi connectivity index (χ1v) is 10.1. The SMILES string of the molecule is CC(C)(C)c1cc(-c2ccc(C34OCC(C)(C)C3(C(C)(C)C)OO4)cc2O)on1. The first-order chi connectivity index (χ1) is 13.3. The Balaban J connectivity index is 1.77. The van der Waals surface area contributed by atoms with Crippen LogP contribution in [0.1, 0.15) is 66.6 Å². The van der Waals surface area contributed by atoms with E-state index in [4.69, 9.17) is 19.0 Å². The molecule has 6 heteroatoms. The number of benzene rings is 1. The van der Waals surface area contributed by atoms with Crippen LogP contribution in [-0.4, -0.2) is 22.5 Å². The number of nitrogens with zero attached hydrogens (tertiary/aromatic N) is 1. The van der Waals surface area contributed by atoms with Crippen LogP contribution in [0.2, 0.25) is 0 Å². The van der Waals surface area contributed by atoms with Gasteiger partial charge in [0.25, 0.3) is 5.79 Å². The van der Waals surface area contributed by atoms with Crippen molar-refractivity contribution in [2.24, 2.45) is 10.8 Å². The van der Waals surface area contributed by atoms with Crippen LogP contribution in [0.15, 0.2) is 28.8 Å². The standard InChI is InChI=1S/C23H31NO5/c1-19(2,3)18-12-17(27-24-18)15-10-9-14(11-16(15)25)22-23(29-28-22,20(4,5)6)21(7,8)13-26-22/h9-12,25H,13H2,1-8H3. The highest BCUT2D eigenvalue weighted by molar-refractivity contribution is 5.66. The van der Waals surface area contributed by atoms with Crippen LogP contribution in [-0.2, 0) is 25.7 Å². The molecule has 29 heavy (non-hydrogen) atoms. The van der Waals surface area contributed by atoms with Crippen LogP contribution in [0.4, 0.5) is 0 Å². The topological polar surface area (TPSA) is 74.0 Å². The number of hydrogen-bond donors (Lipinski definition) is 1. The second kappa shape index (κ2) is 5.84. The fourth-order valence-electron chi connectivity index (χ4n) is 4.94. The smallest absolute Gasteiger partial charge is 0.261 e. The summed E-state index contributed by atoms with van der Waals surface area (Å²) in [5, 5.41) is 15.0. The molecule has 3 heterocycles. The maximum absolute atomic E-state index is 10.8. The minimum absolute atomic E-state index is 0.0834. The average molecular weight is 402 g/mol. The lowest BCUT2D eigenvalue weighted by Gasteiger charge is -2.61. The van der Waals surface area contributed by atoms with E-state index in [9.17, 15) is 5.11 Å². The van der Waals surface area contributed by atoms with Crippen LogP contribution in [0.5, 0.6) is 5.75 Å². The molecule has 1 aromatic carbocycles. The second-order valence-corrected chi connectivity index (χ2v) is 10.9. The first kappa shape index (κ1) is 20.4. The van der Waals surface area contributed by atoms with Crippen molar-refractivity contribution in [3.05, 3.63) is 35.5 Å². The van der Waals surface area contributed by atoms with E-state index in [1.165, 1.54) is 0 Å². The van der Waals surface area contributed by atoms with E-state index in [1.807, 2.05) is 18.2 Å². The summed E-state index contributed by atoms with van der Waals surface area (Å²) in [6, 6.07) is 7.26. The molecule has 2 aliphatic heterocycles. The highest BCUT2D eigenvalue weighted by Crippen LogP contribution is 2.69. The number of rotatable bonds is 2. The van der Waals surface area contributed by atoms with Gasteiger partial charge in [0.15, 0.2) is 11.4 Å². The van der Waals surface area contributed by atoms with Crippen molar-refractivity contribution < 1.29 is 24.1 Å². The molecule has 0 bridgehead atoms. The summed E-state index contributed by atoms with van der Waals surface area (Å²) in [7, 11) is 0. The molecule has 0 amide bonds. The van der Waals surface area contributed by atoms with Gasteiger partial charge in [0, 0.05) is 27.9 Å². The predicted octanol–water partition coefficient (Wildman–Crippen LogP) is 5.30. The molecule has 158 valence electrons. The van der Waals surface area contributed by atoms with E-state index in [1.54, 1.807) is 6.07 Å². The van der Waals surface area contributed by atoms with Gasteiger partial charge in [-0.2, -0.15) is 4.89 Å². The number of ether oxygens (including phenoxy) is 1. The number of fused-ring (bicyclic) bond motifs is 1. The van der Waals surface area contributed by atoms with Gasteiger partial charge in [-0.15, -0.1) is 0 Å². The van der Waals surface area contributed by atoms with E-state index in [-0.39, 0.29) is 22.0 Å². The summed E-state index contributed by atoms with van der Waals surface area (Å²) in [4.78, 5) is 11.5. The molecular weight excluding hydrogens is 370 g/mol. The number of phenolic OH excluding ortho intramolecular Hbond substituents is 1. The minimum atomic E-state index is -1.07. The average Bonchev–Trinajstić information content (AvgIpc) is 3.07. The Kier molecular flexibility index (Phi) is 4.10. The molecule has 0 spiro atoms. The number of hydrogen-bond acceptors (Lipinski definition) is 6. The first-order valence-electron chi connectivity index (χ1n) is 10.1. The maximum Gasteiger partial charge on any atom is 0.261 e. The van der Waals surface area contributed by atoms with E-state index >= 15 is 0 Å². The van der Waals surface area contributed by atoms with Gasteiger partial charge in [0.05, 0.1) is 17.9 Å². The van der Waals surface area contributed by atoms with Crippen molar-refractivity contribution in [1.82, 2.24) is 5.16 Å². The molecular formula is C23H31NO5. The Hall–Kier alpha value is -1.89. The highest BCUT2D eigenvalue weighted by Gasteiger charge is 2.81. The molecule has 2 unspecified atom stereocenters. The number of aromatic hydroxyl groups is 1.